The highest BCUT2D eigenvalue weighted by atomic mass is 16.5. The SMILES string of the molecule is O=C(Cc1c(-c2ccccc2)n[nH]c1-c1ccccc1)NO. The normalized spacial score (nSPS) is 10.4. The second kappa shape index (κ2) is 6.24. The van der Waals surface area contributed by atoms with Crippen LogP contribution in [0.1, 0.15) is 5.56 Å². The Morgan fingerprint density at radius 2 is 1.59 bits per heavy atom. The van der Waals surface area contributed by atoms with Crippen molar-refractivity contribution in [3.8, 4) is 22.5 Å². The second-order valence-electron chi connectivity index (χ2n) is 4.87. The zero-order valence-electron chi connectivity index (χ0n) is 11.8. The summed E-state index contributed by atoms with van der Waals surface area (Å²) in [5.74, 6) is -0.476. The Hall–Kier alpha value is -2.92. The van der Waals surface area contributed by atoms with Gasteiger partial charge in [0.1, 0.15) is 0 Å². The fourth-order valence-corrected chi connectivity index (χ4v) is 2.42. The van der Waals surface area contributed by atoms with E-state index in [2.05, 4.69) is 10.2 Å². The van der Waals surface area contributed by atoms with E-state index in [0.29, 0.717) is 5.69 Å². The molecule has 0 saturated carbocycles. The lowest BCUT2D eigenvalue weighted by Crippen LogP contribution is -2.21. The van der Waals surface area contributed by atoms with Crippen molar-refractivity contribution >= 4 is 5.91 Å². The number of benzene rings is 2. The maximum absolute atomic E-state index is 11.6. The second-order valence-corrected chi connectivity index (χ2v) is 4.87. The zero-order chi connectivity index (χ0) is 15.4. The Kier molecular flexibility index (Phi) is 3.98. The highest BCUT2D eigenvalue weighted by Crippen LogP contribution is 2.30. The molecule has 0 saturated heterocycles. The third-order valence-corrected chi connectivity index (χ3v) is 3.44. The van der Waals surface area contributed by atoms with E-state index < -0.39 is 5.91 Å². The molecule has 1 aromatic heterocycles. The number of amides is 1. The zero-order valence-corrected chi connectivity index (χ0v) is 11.8. The minimum Gasteiger partial charge on any atom is -0.289 e. The molecule has 3 rings (SSSR count). The monoisotopic (exact) mass is 293 g/mol. The summed E-state index contributed by atoms with van der Waals surface area (Å²) in [6.45, 7) is 0. The van der Waals surface area contributed by atoms with Crippen molar-refractivity contribution in [2.45, 2.75) is 6.42 Å². The average molecular weight is 293 g/mol. The molecule has 5 nitrogen and oxygen atoms in total. The Bertz CT molecular complexity index is 710. The molecular weight excluding hydrogens is 278 g/mol. The molecule has 0 bridgehead atoms. The maximum atomic E-state index is 11.6. The van der Waals surface area contributed by atoms with Crippen LogP contribution in [0.4, 0.5) is 0 Å². The highest BCUT2D eigenvalue weighted by molar-refractivity contribution is 5.84. The summed E-state index contributed by atoms with van der Waals surface area (Å²) < 4.78 is 0. The average Bonchev–Trinajstić information content (AvgIpc) is 3.00. The summed E-state index contributed by atoms with van der Waals surface area (Å²) in [6.07, 6.45) is 0.0431. The smallest absolute Gasteiger partial charge is 0.247 e. The summed E-state index contributed by atoms with van der Waals surface area (Å²) in [5, 5.41) is 16.2. The Morgan fingerprint density at radius 3 is 2.18 bits per heavy atom. The van der Waals surface area contributed by atoms with Crippen molar-refractivity contribution in [2.75, 3.05) is 0 Å². The van der Waals surface area contributed by atoms with Gasteiger partial charge in [-0.05, 0) is 5.56 Å². The van der Waals surface area contributed by atoms with Gasteiger partial charge in [-0.2, -0.15) is 5.10 Å². The van der Waals surface area contributed by atoms with E-state index >= 15 is 0 Å². The van der Waals surface area contributed by atoms with Crippen molar-refractivity contribution in [1.82, 2.24) is 15.7 Å². The van der Waals surface area contributed by atoms with E-state index in [-0.39, 0.29) is 6.42 Å². The minimum atomic E-state index is -0.476. The van der Waals surface area contributed by atoms with Crippen molar-refractivity contribution in [1.29, 1.82) is 0 Å². The quantitative estimate of drug-likeness (QED) is 0.511. The third kappa shape index (κ3) is 2.75. The predicted octanol–water partition coefficient (Wildman–Crippen LogP) is 2.79. The number of aromatic nitrogens is 2. The highest BCUT2D eigenvalue weighted by Gasteiger charge is 2.18. The van der Waals surface area contributed by atoms with Crippen molar-refractivity contribution in [3.63, 3.8) is 0 Å². The molecule has 0 atom stereocenters. The molecule has 1 heterocycles. The summed E-state index contributed by atoms with van der Waals surface area (Å²) >= 11 is 0. The van der Waals surface area contributed by atoms with E-state index in [1.54, 1.807) is 5.48 Å². The van der Waals surface area contributed by atoms with Gasteiger partial charge in [0.2, 0.25) is 5.91 Å². The van der Waals surface area contributed by atoms with Gasteiger partial charge < -0.3 is 0 Å². The molecule has 0 spiro atoms. The van der Waals surface area contributed by atoms with E-state index in [1.165, 1.54) is 0 Å². The Labute approximate surface area is 127 Å². The van der Waals surface area contributed by atoms with Gasteiger partial charge in [-0.1, -0.05) is 60.7 Å². The number of carbonyl (C=O) groups is 1. The molecule has 2 aromatic carbocycles. The molecule has 0 aliphatic rings. The molecule has 5 heteroatoms. The number of aromatic amines is 1. The van der Waals surface area contributed by atoms with E-state index in [1.807, 2.05) is 60.7 Å². The summed E-state index contributed by atoms with van der Waals surface area (Å²) in [6, 6.07) is 19.3. The molecule has 1 amide bonds. The van der Waals surface area contributed by atoms with Crippen molar-refractivity contribution in [3.05, 3.63) is 66.2 Å². The predicted molar refractivity (Wildman–Crippen MR) is 83.1 cm³/mol. The van der Waals surface area contributed by atoms with Gasteiger partial charge in [-0.3, -0.25) is 15.1 Å². The molecule has 0 fully saturated rings. The topological polar surface area (TPSA) is 78.0 Å². The van der Waals surface area contributed by atoms with Crippen molar-refractivity contribution < 1.29 is 10.0 Å². The first-order chi connectivity index (χ1) is 10.8. The number of H-pyrrole nitrogens is 1. The van der Waals surface area contributed by atoms with Crippen LogP contribution in [0, 0.1) is 0 Å². The van der Waals surface area contributed by atoms with Crippen LogP contribution in [0.15, 0.2) is 60.7 Å². The Balaban J connectivity index is 2.12. The number of hydroxylamine groups is 1. The van der Waals surface area contributed by atoms with Gasteiger partial charge in [0.25, 0.3) is 0 Å². The standard InChI is InChI=1S/C17H15N3O2/c21-15(20-22)11-14-16(12-7-3-1-4-8-12)18-19-17(14)13-9-5-2-6-10-13/h1-10,22H,11H2,(H,18,19)(H,20,21). The van der Waals surface area contributed by atoms with Gasteiger partial charge in [0.05, 0.1) is 17.8 Å². The third-order valence-electron chi connectivity index (χ3n) is 3.44. The van der Waals surface area contributed by atoms with Crippen LogP contribution in [0.2, 0.25) is 0 Å². The van der Waals surface area contributed by atoms with E-state index in [4.69, 9.17) is 5.21 Å². The first kappa shape index (κ1) is 14.0. The number of nitrogens with one attached hydrogen (secondary N) is 2. The molecule has 0 aliphatic heterocycles. The summed E-state index contributed by atoms with van der Waals surface area (Å²) in [5.41, 5.74) is 5.79. The Morgan fingerprint density at radius 1 is 1.00 bits per heavy atom. The molecule has 22 heavy (non-hydrogen) atoms. The first-order valence-corrected chi connectivity index (χ1v) is 6.90. The number of hydrogen-bond acceptors (Lipinski definition) is 3. The molecule has 3 aromatic rings. The lowest BCUT2D eigenvalue weighted by molar-refractivity contribution is -0.128. The van der Waals surface area contributed by atoms with Crippen LogP contribution in [0.3, 0.4) is 0 Å². The van der Waals surface area contributed by atoms with Crippen molar-refractivity contribution in [2.24, 2.45) is 0 Å². The van der Waals surface area contributed by atoms with Gasteiger partial charge in [-0.25, -0.2) is 5.48 Å². The molecular formula is C17H15N3O2. The van der Waals surface area contributed by atoms with E-state index in [9.17, 15) is 4.79 Å². The number of nitrogens with zero attached hydrogens (tertiary/aromatic N) is 1. The molecule has 3 N–H and O–H groups in total. The van der Waals surface area contributed by atoms with Crippen LogP contribution in [-0.4, -0.2) is 21.3 Å². The fraction of sp³-hybridized carbons (Fsp3) is 0.0588. The molecule has 0 aliphatic carbocycles. The largest absolute Gasteiger partial charge is 0.289 e. The minimum absolute atomic E-state index is 0.0431. The fourth-order valence-electron chi connectivity index (χ4n) is 2.42. The first-order valence-electron chi connectivity index (χ1n) is 6.90. The van der Waals surface area contributed by atoms with E-state index in [0.717, 1.165) is 22.4 Å². The molecule has 110 valence electrons. The summed E-state index contributed by atoms with van der Waals surface area (Å²) in [7, 11) is 0. The number of hydrogen-bond donors (Lipinski definition) is 3. The van der Waals surface area contributed by atoms with Crippen LogP contribution in [-0.2, 0) is 11.2 Å². The lowest BCUT2D eigenvalue weighted by atomic mass is 9.99. The molecule has 0 unspecified atom stereocenters. The van der Waals surface area contributed by atoms with Crippen LogP contribution in [0.25, 0.3) is 22.5 Å². The van der Waals surface area contributed by atoms with Gasteiger partial charge in [0, 0.05) is 11.1 Å². The summed E-state index contributed by atoms with van der Waals surface area (Å²) in [4.78, 5) is 11.6. The van der Waals surface area contributed by atoms with Gasteiger partial charge in [0.15, 0.2) is 0 Å². The van der Waals surface area contributed by atoms with Gasteiger partial charge >= 0.3 is 0 Å². The lowest BCUT2D eigenvalue weighted by Gasteiger charge is -2.05. The van der Waals surface area contributed by atoms with Crippen LogP contribution >= 0.6 is 0 Å². The van der Waals surface area contributed by atoms with Gasteiger partial charge in [-0.15, -0.1) is 0 Å². The number of carbonyl (C=O) groups excluding carboxylic acids is 1. The van der Waals surface area contributed by atoms with Crippen LogP contribution in [0.5, 0.6) is 0 Å². The number of rotatable bonds is 4. The molecule has 0 radical (unpaired) electrons. The maximum Gasteiger partial charge on any atom is 0.247 e. The van der Waals surface area contributed by atoms with Crippen LogP contribution < -0.4 is 5.48 Å².